The average molecular weight is 289 g/mol. The summed E-state index contributed by atoms with van der Waals surface area (Å²) < 4.78 is 0. The Morgan fingerprint density at radius 1 is 1.29 bits per heavy atom. The summed E-state index contributed by atoms with van der Waals surface area (Å²) in [6, 6.07) is 4.44. The quantitative estimate of drug-likeness (QED) is 0.828. The topological polar surface area (TPSA) is 28.2 Å². The number of hydrogen-bond acceptors (Lipinski definition) is 3. The predicted molar refractivity (Wildman–Crippen MR) is 90.7 cm³/mol. The lowest BCUT2D eigenvalue weighted by atomic mass is 10.1. The van der Waals surface area contributed by atoms with Crippen LogP contribution in [0, 0.1) is 18.8 Å². The van der Waals surface area contributed by atoms with E-state index in [1.54, 1.807) is 0 Å². The van der Waals surface area contributed by atoms with Gasteiger partial charge in [-0.1, -0.05) is 26.7 Å². The third-order valence-electron chi connectivity index (χ3n) is 4.28. The molecule has 1 aliphatic carbocycles. The molecule has 0 atom stereocenters. The highest BCUT2D eigenvalue weighted by molar-refractivity contribution is 5.42. The van der Waals surface area contributed by atoms with Gasteiger partial charge in [0.2, 0.25) is 0 Å². The van der Waals surface area contributed by atoms with Crippen LogP contribution >= 0.6 is 0 Å². The number of anilines is 1. The fraction of sp³-hybridized carbons (Fsp3) is 0.722. The van der Waals surface area contributed by atoms with Crippen molar-refractivity contribution < 1.29 is 0 Å². The van der Waals surface area contributed by atoms with Crippen LogP contribution in [0.15, 0.2) is 12.1 Å². The number of nitrogens with one attached hydrogen (secondary N) is 1. The smallest absolute Gasteiger partial charge is 0.128 e. The first kappa shape index (κ1) is 16.3. The molecule has 0 amide bonds. The normalized spacial score (nSPS) is 15.9. The lowest BCUT2D eigenvalue weighted by molar-refractivity contribution is 0.543. The Morgan fingerprint density at radius 3 is 2.67 bits per heavy atom. The number of hydrogen-bond donors (Lipinski definition) is 1. The first-order valence-corrected chi connectivity index (χ1v) is 8.44. The van der Waals surface area contributed by atoms with Gasteiger partial charge >= 0.3 is 0 Å². The van der Waals surface area contributed by atoms with E-state index in [1.165, 1.54) is 31.2 Å². The van der Waals surface area contributed by atoms with E-state index >= 15 is 0 Å². The van der Waals surface area contributed by atoms with Crippen LogP contribution < -0.4 is 10.2 Å². The number of pyridine rings is 1. The van der Waals surface area contributed by atoms with Gasteiger partial charge < -0.3 is 10.2 Å². The van der Waals surface area contributed by atoms with Gasteiger partial charge in [0.25, 0.3) is 0 Å². The van der Waals surface area contributed by atoms with Crippen LogP contribution in [0.1, 0.15) is 50.8 Å². The minimum atomic E-state index is 0.692. The van der Waals surface area contributed by atoms with Crippen molar-refractivity contribution in [2.75, 3.05) is 25.0 Å². The largest absolute Gasteiger partial charge is 0.359 e. The molecule has 1 aromatic rings. The molecule has 1 N–H and O–H groups in total. The molecule has 0 radical (unpaired) electrons. The van der Waals surface area contributed by atoms with E-state index in [2.05, 4.69) is 50.2 Å². The molecule has 0 aromatic carbocycles. The SMILES string of the molecule is Cc1cc(CNCC(C)C)cc(N(C)CC2CCCC2)n1. The highest BCUT2D eigenvalue weighted by Crippen LogP contribution is 2.26. The Balaban J connectivity index is 1.96. The molecule has 0 aliphatic heterocycles. The Kier molecular flexibility index (Phi) is 6.04. The third-order valence-corrected chi connectivity index (χ3v) is 4.28. The highest BCUT2D eigenvalue weighted by Gasteiger charge is 2.17. The summed E-state index contributed by atoms with van der Waals surface area (Å²) in [5.41, 5.74) is 2.46. The molecule has 1 heterocycles. The monoisotopic (exact) mass is 289 g/mol. The molecule has 1 fully saturated rings. The van der Waals surface area contributed by atoms with Gasteiger partial charge in [0.05, 0.1) is 0 Å². The van der Waals surface area contributed by atoms with Gasteiger partial charge in [-0.3, -0.25) is 0 Å². The zero-order chi connectivity index (χ0) is 15.2. The summed E-state index contributed by atoms with van der Waals surface area (Å²) in [7, 11) is 2.19. The second kappa shape index (κ2) is 7.79. The minimum Gasteiger partial charge on any atom is -0.359 e. The van der Waals surface area contributed by atoms with Gasteiger partial charge in [0, 0.05) is 25.8 Å². The minimum absolute atomic E-state index is 0.692. The summed E-state index contributed by atoms with van der Waals surface area (Å²) in [4.78, 5) is 7.06. The molecule has 2 rings (SSSR count). The second-order valence-corrected chi connectivity index (χ2v) is 7.03. The van der Waals surface area contributed by atoms with Crippen molar-refractivity contribution in [1.29, 1.82) is 0 Å². The van der Waals surface area contributed by atoms with Crippen LogP contribution in [-0.2, 0) is 6.54 Å². The number of rotatable bonds is 7. The van der Waals surface area contributed by atoms with Crippen molar-refractivity contribution in [3.05, 3.63) is 23.4 Å². The molecule has 21 heavy (non-hydrogen) atoms. The first-order valence-electron chi connectivity index (χ1n) is 8.44. The fourth-order valence-corrected chi connectivity index (χ4v) is 3.20. The van der Waals surface area contributed by atoms with Crippen LogP contribution in [0.2, 0.25) is 0 Å². The van der Waals surface area contributed by atoms with Gasteiger partial charge in [-0.05, 0) is 55.8 Å². The van der Waals surface area contributed by atoms with Gasteiger partial charge in [0.1, 0.15) is 5.82 Å². The molecular weight excluding hydrogens is 258 g/mol. The van der Waals surface area contributed by atoms with E-state index < -0.39 is 0 Å². The molecule has 3 nitrogen and oxygen atoms in total. The van der Waals surface area contributed by atoms with Gasteiger partial charge in [0.15, 0.2) is 0 Å². The van der Waals surface area contributed by atoms with Crippen LogP contribution in [0.5, 0.6) is 0 Å². The van der Waals surface area contributed by atoms with Crippen LogP contribution in [0.4, 0.5) is 5.82 Å². The Hall–Kier alpha value is -1.09. The molecular formula is C18H31N3. The molecule has 1 aromatic heterocycles. The van der Waals surface area contributed by atoms with E-state index in [0.29, 0.717) is 5.92 Å². The molecule has 1 aliphatic rings. The summed E-state index contributed by atoms with van der Waals surface area (Å²) >= 11 is 0. The second-order valence-electron chi connectivity index (χ2n) is 7.03. The van der Waals surface area contributed by atoms with E-state index in [-0.39, 0.29) is 0 Å². The maximum Gasteiger partial charge on any atom is 0.128 e. The lowest BCUT2D eigenvalue weighted by Crippen LogP contribution is -2.25. The number of aryl methyl sites for hydroxylation is 1. The summed E-state index contributed by atoms with van der Waals surface area (Å²) in [6.45, 7) is 9.73. The summed E-state index contributed by atoms with van der Waals surface area (Å²) in [5.74, 6) is 2.68. The van der Waals surface area contributed by atoms with Crippen molar-refractivity contribution in [2.24, 2.45) is 11.8 Å². The van der Waals surface area contributed by atoms with Crippen molar-refractivity contribution in [3.63, 3.8) is 0 Å². The Morgan fingerprint density at radius 2 is 2.00 bits per heavy atom. The number of aromatic nitrogens is 1. The summed E-state index contributed by atoms with van der Waals surface area (Å²) in [5, 5.41) is 3.52. The predicted octanol–water partition coefficient (Wildman–Crippen LogP) is 3.76. The van der Waals surface area contributed by atoms with Crippen LogP contribution in [-0.4, -0.2) is 25.1 Å². The fourth-order valence-electron chi connectivity index (χ4n) is 3.20. The van der Waals surface area contributed by atoms with Crippen molar-refractivity contribution in [1.82, 2.24) is 10.3 Å². The molecule has 118 valence electrons. The van der Waals surface area contributed by atoms with Crippen molar-refractivity contribution in [3.8, 4) is 0 Å². The zero-order valence-corrected chi connectivity index (χ0v) is 14.2. The maximum absolute atomic E-state index is 4.72. The lowest BCUT2D eigenvalue weighted by Gasteiger charge is -2.23. The summed E-state index contributed by atoms with van der Waals surface area (Å²) in [6.07, 6.45) is 5.59. The number of nitrogens with zero attached hydrogens (tertiary/aromatic N) is 2. The molecule has 0 saturated heterocycles. The molecule has 0 spiro atoms. The van der Waals surface area contributed by atoms with Gasteiger partial charge in [-0.15, -0.1) is 0 Å². The van der Waals surface area contributed by atoms with E-state index in [4.69, 9.17) is 4.98 Å². The molecule has 3 heteroatoms. The molecule has 1 saturated carbocycles. The molecule has 0 unspecified atom stereocenters. The average Bonchev–Trinajstić information content (AvgIpc) is 2.90. The Labute approximate surface area is 130 Å². The van der Waals surface area contributed by atoms with Crippen molar-refractivity contribution in [2.45, 2.75) is 53.0 Å². The van der Waals surface area contributed by atoms with Gasteiger partial charge in [-0.2, -0.15) is 0 Å². The zero-order valence-electron chi connectivity index (χ0n) is 14.2. The van der Waals surface area contributed by atoms with Crippen molar-refractivity contribution >= 4 is 5.82 Å². The third kappa shape index (κ3) is 5.31. The molecule has 0 bridgehead atoms. The standard InChI is InChI=1S/C18H31N3/c1-14(2)11-19-12-17-9-15(3)20-18(10-17)21(4)13-16-7-5-6-8-16/h9-10,14,16,19H,5-8,11-13H2,1-4H3. The van der Waals surface area contributed by atoms with Crippen LogP contribution in [0.25, 0.3) is 0 Å². The Bertz CT molecular complexity index is 436. The maximum atomic E-state index is 4.72. The first-order chi connectivity index (χ1) is 10.0. The van der Waals surface area contributed by atoms with Gasteiger partial charge in [-0.25, -0.2) is 4.98 Å². The highest BCUT2D eigenvalue weighted by atomic mass is 15.2. The van der Waals surface area contributed by atoms with E-state index in [0.717, 1.165) is 37.1 Å². The van der Waals surface area contributed by atoms with E-state index in [9.17, 15) is 0 Å². The van der Waals surface area contributed by atoms with E-state index in [1.807, 2.05) is 0 Å². The van der Waals surface area contributed by atoms with Crippen LogP contribution in [0.3, 0.4) is 0 Å².